The van der Waals surface area contributed by atoms with E-state index in [-0.39, 0.29) is 6.04 Å². The van der Waals surface area contributed by atoms with Crippen molar-refractivity contribution in [1.82, 2.24) is 9.55 Å². The number of nitrogens with zero attached hydrogens (tertiary/aromatic N) is 2. The van der Waals surface area contributed by atoms with Crippen molar-refractivity contribution in [2.45, 2.75) is 32.9 Å². The van der Waals surface area contributed by atoms with Gasteiger partial charge in [0.1, 0.15) is 0 Å². The molecule has 0 aliphatic carbocycles. The number of aryl methyl sites for hydroxylation is 2. The molecule has 2 N–H and O–H groups in total. The fourth-order valence-corrected chi connectivity index (χ4v) is 2.52. The van der Waals surface area contributed by atoms with Crippen LogP contribution in [0.4, 0.5) is 0 Å². The van der Waals surface area contributed by atoms with Gasteiger partial charge in [-0.2, -0.15) is 0 Å². The highest BCUT2D eigenvalue weighted by Crippen LogP contribution is 2.19. The summed E-state index contributed by atoms with van der Waals surface area (Å²) in [6, 6.07) is 4.33. The van der Waals surface area contributed by atoms with E-state index in [2.05, 4.69) is 40.9 Å². The lowest BCUT2D eigenvalue weighted by Gasteiger charge is -2.17. The van der Waals surface area contributed by atoms with E-state index in [0.29, 0.717) is 5.92 Å². The van der Waals surface area contributed by atoms with E-state index in [9.17, 15) is 0 Å². The number of hydrogen-bond acceptors (Lipinski definition) is 3. The summed E-state index contributed by atoms with van der Waals surface area (Å²) in [6.07, 6.45) is 4.82. The van der Waals surface area contributed by atoms with Crippen molar-refractivity contribution in [1.29, 1.82) is 0 Å². The molecule has 0 radical (unpaired) electrons. The zero-order valence-electron chi connectivity index (χ0n) is 10.3. The van der Waals surface area contributed by atoms with Crippen LogP contribution in [0.2, 0.25) is 0 Å². The molecule has 1 unspecified atom stereocenters. The second-order valence-corrected chi connectivity index (χ2v) is 5.64. The van der Waals surface area contributed by atoms with Crippen LogP contribution in [0.15, 0.2) is 30.0 Å². The third kappa shape index (κ3) is 2.96. The van der Waals surface area contributed by atoms with E-state index in [1.807, 2.05) is 12.5 Å². The van der Waals surface area contributed by atoms with Gasteiger partial charge in [0.25, 0.3) is 0 Å². The van der Waals surface area contributed by atoms with Gasteiger partial charge in [-0.25, -0.2) is 4.98 Å². The molecule has 0 aromatic carbocycles. The molecule has 0 amide bonds. The molecule has 3 nitrogen and oxygen atoms in total. The van der Waals surface area contributed by atoms with Gasteiger partial charge in [-0.05, 0) is 23.8 Å². The highest BCUT2D eigenvalue weighted by Gasteiger charge is 2.14. The van der Waals surface area contributed by atoms with Crippen molar-refractivity contribution in [3.63, 3.8) is 0 Å². The number of nitrogens with two attached hydrogens (primary N) is 1. The van der Waals surface area contributed by atoms with Crippen molar-refractivity contribution in [2.24, 2.45) is 11.7 Å². The first-order valence-corrected chi connectivity index (χ1v) is 6.84. The molecule has 92 valence electrons. The molecule has 1 atom stereocenters. The van der Waals surface area contributed by atoms with Crippen LogP contribution in [0.3, 0.4) is 0 Å². The molecule has 0 aliphatic heterocycles. The summed E-state index contributed by atoms with van der Waals surface area (Å²) in [5.74, 6) is 0.437. The predicted molar refractivity (Wildman–Crippen MR) is 72.0 cm³/mol. The number of rotatable bonds is 5. The minimum atomic E-state index is 0.0702. The summed E-state index contributed by atoms with van der Waals surface area (Å²) in [7, 11) is 0. The van der Waals surface area contributed by atoms with E-state index in [4.69, 9.17) is 5.73 Å². The molecule has 2 heterocycles. The summed E-state index contributed by atoms with van der Waals surface area (Å²) >= 11 is 1.80. The minimum Gasteiger partial charge on any atom is -0.333 e. The van der Waals surface area contributed by atoms with E-state index in [0.717, 1.165) is 18.7 Å². The topological polar surface area (TPSA) is 43.8 Å². The van der Waals surface area contributed by atoms with Crippen LogP contribution in [0.25, 0.3) is 0 Å². The Kier molecular flexibility index (Phi) is 3.97. The van der Waals surface area contributed by atoms with Gasteiger partial charge in [0.05, 0.1) is 12.0 Å². The average molecular weight is 249 g/mol. The number of aromatic nitrogens is 2. The van der Waals surface area contributed by atoms with E-state index in [1.165, 1.54) is 4.88 Å². The van der Waals surface area contributed by atoms with Crippen LogP contribution in [-0.2, 0) is 13.0 Å². The Bertz CT molecular complexity index is 445. The lowest BCUT2D eigenvalue weighted by atomic mass is 10.0. The maximum absolute atomic E-state index is 6.17. The Morgan fingerprint density at radius 1 is 1.47 bits per heavy atom. The van der Waals surface area contributed by atoms with Crippen molar-refractivity contribution in [3.05, 3.63) is 40.6 Å². The SMILES string of the molecule is CC(C)C(N)c1cncn1CCc1cccs1. The first-order valence-electron chi connectivity index (χ1n) is 5.96. The molecular weight excluding hydrogens is 230 g/mol. The largest absolute Gasteiger partial charge is 0.333 e. The van der Waals surface area contributed by atoms with Crippen LogP contribution in [0, 0.1) is 5.92 Å². The molecular formula is C13H19N3S. The highest BCUT2D eigenvalue weighted by molar-refractivity contribution is 7.09. The first-order chi connectivity index (χ1) is 8.18. The number of thiophene rings is 1. The van der Waals surface area contributed by atoms with Gasteiger partial charge in [-0.3, -0.25) is 0 Å². The molecule has 2 aromatic heterocycles. The molecule has 0 saturated heterocycles. The Morgan fingerprint density at radius 3 is 2.94 bits per heavy atom. The maximum Gasteiger partial charge on any atom is 0.0948 e. The number of hydrogen-bond donors (Lipinski definition) is 1. The van der Waals surface area contributed by atoms with Crippen LogP contribution in [0.5, 0.6) is 0 Å². The normalized spacial score (nSPS) is 13.2. The van der Waals surface area contributed by atoms with Gasteiger partial charge >= 0.3 is 0 Å². The van der Waals surface area contributed by atoms with Gasteiger partial charge in [0.2, 0.25) is 0 Å². The van der Waals surface area contributed by atoms with Gasteiger partial charge < -0.3 is 10.3 Å². The zero-order chi connectivity index (χ0) is 12.3. The van der Waals surface area contributed by atoms with Gasteiger partial charge in [-0.15, -0.1) is 11.3 Å². The quantitative estimate of drug-likeness (QED) is 0.885. The van der Waals surface area contributed by atoms with Crippen molar-refractivity contribution in [3.8, 4) is 0 Å². The third-order valence-electron chi connectivity index (χ3n) is 2.98. The van der Waals surface area contributed by atoms with Crippen molar-refractivity contribution < 1.29 is 0 Å². The predicted octanol–water partition coefficient (Wildman–Crippen LogP) is 2.84. The molecule has 0 aliphatic rings. The fraction of sp³-hybridized carbons (Fsp3) is 0.462. The van der Waals surface area contributed by atoms with E-state index >= 15 is 0 Å². The molecule has 0 fully saturated rings. The van der Waals surface area contributed by atoms with Gasteiger partial charge in [0, 0.05) is 23.7 Å². The third-order valence-corrected chi connectivity index (χ3v) is 3.92. The summed E-state index contributed by atoms with van der Waals surface area (Å²) in [6.45, 7) is 5.23. The smallest absolute Gasteiger partial charge is 0.0948 e. The molecule has 0 spiro atoms. The zero-order valence-corrected chi connectivity index (χ0v) is 11.2. The molecule has 17 heavy (non-hydrogen) atoms. The summed E-state index contributed by atoms with van der Waals surface area (Å²) in [4.78, 5) is 5.62. The molecule has 2 aromatic rings. The Labute approximate surface area is 106 Å². The Hall–Kier alpha value is -1.13. The van der Waals surface area contributed by atoms with Crippen LogP contribution >= 0.6 is 11.3 Å². The molecule has 4 heteroatoms. The number of imidazole rings is 1. The maximum atomic E-state index is 6.17. The van der Waals surface area contributed by atoms with Crippen LogP contribution in [0.1, 0.15) is 30.5 Å². The van der Waals surface area contributed by atoms with E-state index in [1.54, 1.807) is 11.3 Å². The molecule has 0 saturated carbocycles. The molecule has 2 rings (SSSR count). The van der Waals surface area contributed by atoms with Gasteiger partial charge in [-0.1, -0.05) is 19.9 Å². The monoisotopic (exact) mass is 249 g/mol. The summed E-state index contributed by atoms with van der Waals surface area (Å²) < 4.78 is 2.17. The first kappa shape index (κ1) is 12.3. The standard InChI is InChI=1S/C13H19N3S/c1-10(2)13(14)12-8-15-9-16(12)6-5-11-4-3-7-17-11/h3-4,7-10,13H,5-6,14H2,1-2H3. The Balaban J connectivity index is 2.04. The summed E-state index contributed by atoms with van der Waals surface area (Å²) in [5, 5.41) is 2.12. The summed E-state index contributed by atoms with van der Waals surface area (Å²) in [5.41, 5.74) is 7.31. The van der Waals surface area contributed by atoms with Crippen molar-refractivity contribution >= 4 is 11.3 Å². The minimum absolute atomic E-state index is 0.0702. The van der Waals surface area contributed by atoms with Gasteiger partial charge in [0.15, 0.2) is 0 Å². The lowest BCUT2D eigenvalue weighted by Crippen LogP contribution is -2.20. The Morgan fingerprint density at radius 2 is 2.29 bits per heavy atom. The molecule has 0 bridgehead atoms. The van der Waals surface area contributed by atoms with Crippen LogP contribution < -0.4 is 5.73 Å². The second kappa shape index (κ2) is 5.47. The lowest BCUT2D eigenvalue weighted by molar-refractivity contribution is 0.478. The van der Waals surface area contributed by atoms with E-state index < -0.39 is 0 Å². The fourth-order valence-electron chi connectivity index (χ4n) is 1.82. The van der Waals surface area contributed by atoms with Crippen LogP contribution in [-0.4, -0.2) is 9.55 Å². The average Bonchev–Trinajstić information content (AvgIpc) is 2.96. The highest BCUT2D eigenvalue weighted by atomic mass is 32.1. The second-order valence-electron chi connectivity index (χ2n) is 4.61. The van der Waals surface area contributed by atoms with Crippen molar-refractivity contribution in [2.75, 3.05) is 0 Å².